The highest BCUT2D eigenvalue weighted by Crippen LogP contribution is 2.28. The van der Waals surface area contributed by atoms with Crippen LogP contribution >= 0.6 is 0 Å². The average Bonchev–Trinajstić information content (AvgIpc) is 2.29. The van der Waals surface area contributed by atoms with E-state index in [4.69, 9.17) is 10.5 Å². The van der Waals surface area contributed by atoms with Crippen molar-refractivity contribution in [2.45, 2.75) is 25.8 Å². The molecule has 0 aliphatic carbocycles. The quantitative estimate of drug-likeness (QED) is 0.836. The first-order chi connectivity index (χ1) is 7.68. The van der Waals surface area contributed by atoms with Gasteiger partial charge in [-0.3, -0.25) is 0 Å². The van der Waals surface area contributed by atoms with Gasteiger partial charge in [-0.05, 0) is 31.4 Å². The fraction of sp³-hybridized carbons (Fsp3) is 0.538. The van der Waals surface area contributed by atoms with E-state index < -0.39 is 0 Å². The van der Waals surface area contributed by atoms with Crippen LogP contribution in [0.15, 0.2) is 18.2 Å². The minimum atomic E-state index is -0.249. The molecule has 2 rings (SSSR count). The SMILES string of the molecule is Cc1ccc(C(N)C2CCCOC2)c(F)c1. The maximum absolute atomic E-state index is 13.7. The van der Waals surface area contributed by atoms with Crippen LogP contribution in [0.5, 0.6) is 0 Å². The highest BCUT2D eigenvalue weighted by atomic mass is 19.1. The Kier molecular flexibility index (Phi) is 3.56. The molecule has 16 heavy (non-hydrogen) atoms. The van der Waals surface area contributed by atoms with Crippen molar-refractivity contribution in [3.63, 3.8) is 0 Å². The summed E-state index contributed by atoms with van der Waals surface area (Å²) in [6.45, 7) is 3.33. The van der Waals surface area contributed by atoms with Gasteiger partial charge in [0.05, 0.1) is 6.61 Å². The summed E-state index contributed by atoms with van der Waals surface area (Å²) in [7, 11) is 0. The molecule has 88 valence electrons. The Bertz CT molecular complexity index is 361. The van der Waals surface area contributed by atoms with Crippen LogP contribution < -0.4 is 5.73 Å². The van der Waals surface area contributed by atoms with Crippen molar-refractivity contribution in [1.29, 1.82) is 0 Å². The maximum Gasteiger partial charge on any atom is 0.128 e. The van der Waals surface area contributed by atoms with Crippen LogP contribution in [0.25, 0.3) is 0 Å². The second-order valence-electron chi connectivity index (χ2n) is 4.53. The highest BCUT2D eigenvalue weighted by Gasteiger charge is 2.24. The largest absolute Gasteiger partial charge is 0.381 e. The van der Waals surface area contributed by atoms with Gasteiger partial charge >= 0.3 is 0 Å². The van der Waals surface area contributed by atoms with Crippen molar-refractivity contribution in [3.8, 4) is 0 Å². The number of aryl methyl sites for hydroxylation is 1. The summed E-state index contributed by atoms with van der Waals surface area (Å²) in [5.41, 5.74) is 7.64. The van der Waals surface area contributed by atoms with Crippen LogP contribution in [0.3, 0.4) is 0 Å². The molecule has 0 bridgehead atoms. The number of halogens is 1. The maximum atomic E-state index is 13.7. The van der Waals surface area contributed by atoms with Gasteiger partial charge in [-0.1, -0.05) is 12.1 Å². The smallest absolute Gasteiger partial charge is 0.128 e. The lowest BCUT2D eigenvalue weighted by Crippen LogP contribution is -2.29. The molecule has 0 saturated carbocycles. The molecule has 1 saturated heterocycles. The van der Waals surface area contributed by atoms with Gasteiger partial charge in [0.25, 0.3) is 0 Å². The lowest BCUT2D eigenvalue weighted by molar-refractivity contribution is 0.0443. The van der Waals surface area contributed by atoms with E-state index in [2.05, 4.69) is 0 Å². The second kappa shape index (κ2) is 4.93. The van der Waals surface area contributed by atoms with Gasteiger partial charge in [-0.15, -0.1) is 0 Å². The molecule has 1 aliphatic heterocycles. The van der Waals surface area contributed by atoms with E-state index in [9.17, 15) is 4.39 Å². The zero-order valence-electron chi connectivity index (χ0n) is 9.58. The van der Waals surface area contributed by atoms with Crippen LogP contribution in [0.1, 0.15) is 30.0 Å². The third-order valence-corrected chi connectivity index (χ3v) is 3.22. The summed E-state index contributed by atoms with van der Waals surface area (Å²) in [5.74, 6) is 0.0454. The molecule has 1 fully saturated rings. The molecular weight excluding hydrogens is 205 g/mol. The van der Waals surface area contributed by atoms with Gasteiger partial charge in [0.15, 0.2) is 0 Å². The van der Waals surface area contributed by atoms with Crippen LogP contribution in [0.2, 0.25) is 0 Å². The molecule has 2 atom stereocenters. The van der Waals surface area contributed by atoms with Crippen LogP contribution in [-0.2, 0) is 4.74 Å². The molecule has 1 aromatic rings. The Labute approximate surface area is 95.6 Å². The summed E-state index contributed by atoms with van der Waals surface area (Å²) in [4.78, 5) is 0. The van der Waals surface area contributed by atoms with Crippen molar-refractivity contribution < 1.29 is 9.13 Å². The van der Waals surface area contributed by atoms with E-state index in [1.54, 1.807) is 12.1 Å². The first kappa shape index (κ1) is 11.6. The number of hydrogen-bond acceptors (Lipinski definition) is 2. The molecule has 1 aliphatic rings. The van der Waals surface area contributed by atoms with Crippen molar-refractivity contribution in [2.24, 2.45) is 11.7 Å². The van der Waals surface area contributed by atoms with Crippen molar-refractivity contribution in [1.82, 2.24) is 0 Å². The number of benzene rings is 1. The molecule has 2 unspecified atom stereocenters. The molecule has 0 aromatic heterocycles. The molecule has 1 aromatic carbocycles. The van der Waals surface area contributed by atoms with E-state index in [1.165, 1.54) is 0 Å². The minimum Gasteiger partial charge on any atom is -0.381 e. The van der Waals surface area contributed by atoms with Crippen LogP contribution in [-0.4, -0.2) is 13.2 Å². The summed E-state index contributed by atoms with van der Waals surface area (Å²) in [6.07, 6.45) is 2.04. The van der Waals surface area contributed by atoms with Crippen molar-refractivity contribution in [3.05, 3.63) is 35.1 Å². The molecule has 2 nitrogen and oxygen atoms in total. The normalized spacial score (nSPS) is 23.1. The third-order valence-electron chi connectivity index (χ3n) is 3.22. The fourth-order valence-electron chi connectivity index (χ4n) is 2.21. The van der Waals surface area contributed by atoms with E-state index in [-0.39, 0.29) is 17.8 Å². The summed E-state index contributed by atoms with van der Waals surface area (Å²) >= 11 is 0. The number of rotatable bonds is 2. The number of nitrogens with two attached hydrogens (primary N) is 1. The van der Waals surface area contributed by atoms with Crippen molar-refractivity contribution >= 4 is 0 Å². The molecule has 2 N–H and O–H groups in total. The van der Waals surface area contributed by atoms with Gasteiger partial charge in [-0.25, -0.2) is 4.39 Å². The zero-order chi connectivity index (χ0) is 11.5. The van der Waals surface area contributed by atoms with E-state index in [0.29, 0.717) is 12.2 Å². The first-order valence-corrected chi connectivity index (χ1v) is 5.78. The van der Waals surface area contributed by atoms with E-state index in [0.717, 1.165) is 25.0 Å². The standard InChI is InChI=1S/C13H18FNO/c1-9-4-5-11(12(14)7-9)13(15)10-3-2-6-16-8-10/h4-5,7,10,13H,2-3,6,8,15H2,1H3. The van der Waals surface area contributed by atoms with Gasteiger partial charge < -0.3 is 10.5 Å². The Morgan fingerprint density at radius 3 is 2.94 bits per heavy atom. The Morgan fingerprint density at radius 1 is 1.50 bits per heavy atom. The molecule has 0 radical (unpaired) electrons. The number of hydrogen-bond donors (Lipinski definition) is 1. The molecular formula is C13H18FNO. The molecule has 1 heterocycles. The van der Waals surface area contributed by atoms with E-state index in [1.807, 2.05) is 13.0 Å². The predicted octanol–water partition coefficient (Wildman–Crippen LogP) is 2.56. The van der Waals surface area contributed by atoms with E-state index >= 15 is 0 Å². The van der Waals surface area contributed by atoms with Gasteiger partial charge in [-0.2, -0.15) is 0 Å². The Balaban J connectivity index is 2.15. The van der Waals surface area contributed by atoms with Gasteiger partial charge in [0.1, 0.15) is 5.82 Å². The summed E-state index contributed by atoms with van der Waals surface area (Å²) in [5, 5.41) is 0. The number of ether oxygens (including phenoxy) is 1. The second-order valence-corrected chi connectivity index (χ2v) is 4.53. The first-order valence-electron chi connectivity index (χ1n) is 5.78. The Morgan fingerprint density at radius 2 is 2.31 bits per heavy atom. The Hall–Kier alpha value is -0.930. The molecule has 0 spiro atoms. The predicted molar refractivity (Wildman–Crippen MR) is 61.6 cm³/mol. The van der Waals surface area contributed by atoms with Crippen LogP contribution in [0.4, 0.5) is 4.39 Å². The summed E-state index contributed by atoms with van der Waals surface area (Å²) < 4.78 is 19.1. The monoisotopic (exact) mass is 223 g/mol. The van der Waals surface area contributed by atoms with Gasteiger partial charge in [0.2, 0.25) is 0 Å². The fourth-order valence-corrected chi connectivity index (χ4v) is 2.21. The lowest BCUT2D eigenvalue weighted by Gasteiger charge is -2.28. The van der Waals surface area contributed by atoms with Gasteiger partial charge in [0, 0.05) is 24.1 Å². The zero-order valence-corrected chi connectivity index (χ0v) is 9.58. The molecule has 0 amide bonds. The van der Waals surface area contributed by atoms with Crippen molar-refractivity contribution in [2.75, 3.05) is 13.2 Å². The highest BCUT2D eigenvalue weighted by molar-refractivity contribution is 5.26. The average molecular weight is 223 g/mol. The third kappa shape index (κ3) is 2.42. The lowest BCUT2D eigenvalue weighted by atomic mass is 9.89. The molecule has 3 heteroatoms. The van der Waals surface area contributed by atoms with Crippen LogP contribution in [0, 0.1) is 18.7 Å². The topological polar surface area (TPSA) is 35.2 Å². The summed E-state index contributed by atoms with van der Waals surface area (Å²) in [6, 6.07) is 4.99. The minimum absolute atomic E-state index is 0.196.